The van der Waals surface area contributed by atoms with E-state index in [-0.39, 0.29) is 5.91 Å². The molecule has 2 aromatic rings. The van der Waals surface area contributed by atoms with Crippen molar-refractivity contribution in [2.24, 2.45) is 23.2 Å². The second-order valence-corrected chi connectivity index (χ2v) is 8.41. The zero-order valence-electron chi connectivity index (χ0n) is 14.2. The summed E-state index contributed by atoms with van der Waals surface area (Å²) in [5.74, 6) is 3.31. The van der Waals surface area contributed by atoms with Gasteiger partial charge in [0.25, 0.3) is 5.91 Å². The lowest BCUT2D eigenvalue weighted by Crippen LogP contribution is -2.51. The lowest BCUT2D eigenvalue weighted by Gasteiger charge is -2.56. The number of benzene rings is 1. The van der Waals surface area contributed by atoms with E-state index in [1.54, 1.807) is 0 Å². The number of H-pyrrole nitrogens is 1. The van der Waals surface area contributed by atoms with Gasteiger partial charge in [-0.1, -0.05) is 12.1 Å². The van der Waals surface area contributed by atoms with E-state index in [1.165, 1.54) is 38.5 Å². The first-order valence-electron chi connectivity index (χ1n) is 9.31. The Labute approximate surface area is 146 Å². The Hall–Kier alpha value is -2.24. The van der Waals surface area contributed by atoms with Gasteiger partial charge in [-0.25, -0.2) is 0 Å². The fourth-order valence-corrected chi connectivity index (χ4v) is 5.93. The van der Waals surface area contributed by atoms with Crippen LogP contribution in [0.25, 0.3) is 11.4 Å². The zero-order valence-corrected chi connectivity index (χ0v) is 14.2. The molecule has 1 aromatic heterocycles. The molecular weight excluding hydrogens is 314 g/mol. The third-order valence-electron chi connectivity index (χ3n) is 6.54. The fraction of sp³-hybridized carbons (Fsp3) is 0.579. The highest BCUT2D eigenvalue weighted by Crippen LogP contribution is 2.59. The maximum atomic E-state index is 12.6. The van der Waals surface area contributed by atoms with Crippen molar-refractivity contribution >= 4 is 5.91 Å². The molecule has 4 aliphatic carbocycles. The molecule has 4 bridgehead atoms. The second kappa shape index (κ2) is 5.64. The zero-order chi connectivity index (χ0) is 16.9. The minimum Gasteiger partial charge on any atom is -0.351 e. The summed E-state index contributed by atoms with van der Waals surface area (Å²) in [7, 11) is 0. The summed E-state index contributed by atoms with van der Waals surface area (Å²) in [4.78, 5) is 12.6. The van der Waals surface area contributed by atoms with Crippen LogP contribution in [0.1, 0.15) is 48.9 Å². The van der Waals surface area contributed by atoms with Crippen LogP contribution < -0.4 is 5.32 Å². The smallest absolute Gasteiger partial charge is 0.251 e. The predicted octanol–water partition coefficient (Wildman–Crippen LogP) is 2.81. The summed E-state index contributed by atoms with van der Waals surface area (Å²) in [6.07, 6.45) is 8.25. The maximum absolute atomic E-state index is 12.6. The SMILES string of the molecule is O=C(NCC12CC3CC(CC(C3)C1)C2)c1ccc(-c2nn[nH]n2)cc1. The summed E-state index contributed by atoms with van der Waals surface area (Å²) in [6, 6.07) is 7.40. The van der Waals surface area contributed by atoms with Crippen molar-refractivity contribution in [3.8, 4) is 11.4 Å². The van der Waals surface area contributed by atoms with Gasteiger partial charge in [-0.05, 0) is 79.0 Å². The standard InChI is InChI=1S/C19H23N5O/c25-18(16-3-1-15(2-4-16)17-21-23-24-22-17)20-11-19-8-12-5-13(9-19)7-14(6-12)10-19/h1-4,12-14H,5-11H2,(H,20,25)(H,21,22,23,24). The molecule has 0 radical (unpaired) electrons. The van der Waals surface area contributed by atoms with E-state index in [0.29, 0.717) is 16.8 Å². The first-order chi connectivity index (χ1) is 12.2. The molecule has 0 saturated heterocycles. The number of aromatic nitrogens is 4. The average Bonchev–Trinajstić information content (AvgIpc) is 3.13. The molecule has 2 N–H and O–H groups in total. The fourth-order valence-electron chi connectivity index (χ4n) is 5.93. The summed E-state index contributed by atoms with van der Waals surface area (Å²) in [6.45, 7) is 0.835. The van der Waals surface area contributed by atoms with Gasteiger partial charge in [-0.2, -0.15) is 5.21 Å². The highest BCUT2D eigenvalue weighted by Gasteiger charge is 2.50. The van der Waals surface area contributed by atoms with Gasteiger partial charge in [0.05, 0.1) is 0 Å². The van der Waals surface area contributed by atoms with E-state index in [2.05, 4.69) is 25.9 Å². The van der Waals surface area contributed by atoms with Crippen molar-refractivity contribution < 1.29 is 4.79 Å². The summed E-state index contributed by atoms with van der Waals surface area (Å²) in [5.41, 5.74) is 1.91. The maximum Gasteiger partial charge on any atom is 0.251 e. The Kier molecular flexibility index (Phi) is 3.40. The van der Waals surface area contributed by atoms with Gasteiger partial charge >= 0.3 is 0 Å². The molecule has 1 aromatic carbocycles. The van der Waals surface area contributed by atoms with Crippen molar-refractivity contribution in [1.29, 1.82) is 0 Å². The van der Waals surface area contributed by atoms with Crippen LogP contribution in [0.5, 0.6) is 0 Å². The molecule has 25 heavy (non-hydrogen) atoms. The predicted molar refractivity (Wildman–Crippen MR) is 92.6 cm³/mol. The third-order valence-corrected chi connectivity index (χ3v) is 6.54. The number of amides is 1. The number of nitrogens with zero attached hydrogens (tertiary/aromatic N) is 3. The minimum absolute atomic E-state index is 0.0235. The molecule has 1 amide bonds. The molecule has 6 rings (SSSR count). The molecule has 0 spiro atoms. The largest absolute Gasteiger partial charge is 0.351 e. The number of nitrogens with one attached hydrogen (secondary N) is 2. The monoisotopic (exact) mass is 337 g/mol. The Morgan fingerprint density at radius 2 is 1.72 bits per heavy atom. The molecule has 6 heteroatoms. The molecule has 130 valence electrons. The van der Waals surface area contributed by atoms with Crippen LogP contribution in [0.15, 0.2) is 24.3 Å². The number of hydrogen-bond acceptors (Lipinski definition) is 4. The number of tetrazole rings is 1. The van der Waals surface area contributed by atoms with E-state index in [4.69, 9.17) is 0 Å². The molecule has 4 fully saturated rings. The van der Waals surface area contributed by atoms with Crippen LogP contribution in [-0.2, 0) is 0 Å². The van der Waals surface area contributed by atoms with E-state index in [0.717, 1.165) is 29.9 Å². The van der Waals surface area contributed by atoms with Gasteiger partial charge in [0.2, 0.25) is 5.82 Å². The Bertz CT molecular complexity index is 732. The van der Waals surface area contributed by atoms with E-state index in [9.17, 15) is 4.79 Å². The van der Waals surface area contributed by atoms with Gasteiger partial charge < -0.3 is 5.32 Å². The molecule has 6 nitrogen and oxygen atoms in total. The normalized spacial score (nSPS) is 32.7. The number of hydrogen-bond donors (Lipinski definition) is 2. The molecule has 0 atom stereocenters. The number of aromatic amines is 1. The van der Waals surface area contributed by atoms with Crippen LogP contribution in [0, 0.1) is 23.2 Å². The van der Waals surface area contributed by atoms with Gasteiger partial charge in [0, 0.05) is 17.7 Å². The molecular formula is C19H23N5O. The van der Waals surface area contributed by atoms with Gasteiger partial charge in [-0.3, -0.25) is 4.79 Å². The Morgan fingerprint density at radius 1 is 1.08 bits per heavy atom. The van der Waals surface area contributed by atoms with Crippen LogP contribution in [0.3, 0.4) is 0 Å². The lowest BCUT2D eigenvalue weighted by atomic mass is 9.49. The highest BCUT2D eigenvalue weighted by atomic mass is 16.1. The van der Waals surface area contributed by atoms with Crippen LogP contribution >= 0.6 is 0 Å². The first-order valence-corrected chi connectivity index (χ1v) is 9.31. The van der Waals surface area contributed by atoms with Crippen LogP contribution in [0.4, 0.5) is 0 Å². The van der Waals surface area contributed by atoms with Gasteiger partial charge in [0.15, 0.2) is 0 Å². The van der Waals surface area contributed by atoms with Gasteiger partial charge in [0.1, 0.15) is 0 Å². The van der Waals surface area contributed by atoms with Crippen LogP contribution in [0.2, 0.25) is 0 Å². The van der Waals surface area contributed by atoms with Crippen molar-refractivity contribution in [1.82, 2.24) is 25.9 Å². The molecule has 4 aliphatic rings. The second-order valence-electron chi connectivity index (χ2n) is 8.41. The van der Waals surface area contributed by atoms with Crippen molar-refractivity contribution in [2.75, 3.05) is 6.54 Å². The van der Waals surface area contributed by atoms with E-state index < -0.39 is 0 Å². The van der Waals surface area contributed by atoms with Gasteiger partial charge in [-0.15, -0.1) is 10.2 Å². The summed E-state index contributed by atoms with van der Waals surface area (Å²) < 4.78 is 0. The quantitative estimate of drug-likeness (QED) is 0.898. The Morgan fingerprint density at radius 3 is 2.28 bits per heavy atom. The molecule has 1 heterocycles. The molecule has 4 saturated carbocycles. The molecule has 0 unspecified atom stereocenters. The van der Waals surface area contributed by atoms with Crippen molar-refractivity contribution in [3.63, 3.8) is 0 Å². The minimum atomic E-state index is 0.0235. The topological polar surface area (TPSA) is 83.6 Å². The summed E-state index contributed by atoms with van der Waals surface area (Å²) >= 11 is 0. The summed E-state index contributed by atoms with van der Waals surface area (Å²) in [5, 5.41) is 17.1. The Balaban J connectivity index is 1.25. The first kappa shape index (κ1) is 15.0. The van der Waals surface area contributed by atoms with Crippen molar-refractivity contribution in [3.05, 3.63) is 29.8 Å². The number of rotatable bonds is 4. The number of carbonyl (C=O) groups is 1. The lowest BCUT2D eigenvalue weighted by molar-refractivity contribution is -0.0503. The third kappa shape index (κ3) is 2.73. The average molecular weight is 337 g/mol. The number of carbonyl (C=O) groups excluding carboxylic acids is 1. The highest BCUT2D eigenvalue weighted by molar-refractivity contribution is 5.94. The van der Waals surface area contributed by atoms with E-state index >= 15 is 0 Å². The van der Waals surface area contributed by atoms with E-state index in [1.807, 2.05) is 24.3 Å². The molecule has 0 aliphatic heterocycles. The van der Waals surface area contributed by atoms with Crippen LogP contribution in [-0.4, -0.2) is 33.1 Å². The van der Waals surface area contributed by atoms with Crippen molar-refractivity contribution in [2.45, 2.75) is 38.5 Å².